The highest BCUT2D eigenvalue weighted by molar-refractivity contribution is 8.93. The molecule has 0 aromatic carbocycles. The van der Waals surface area contributed by atoms with Crippen molar-refractivity contribution in [3.8, 4) is 0 Å². The van der Waals surface area contributed by atoms with Crippen molar-refractivity contribution in [3.63, 3.8) is 0 Å². The van der Waals surface area contributed by atoms with E-state index in [2.05, 4.69) is 6.92 Å². The van der Waals surface area contributed by atoms with Gasteiger partial charge in [-0.2, -0.15) is 0 Å². The van der Waals surface area contributed by atoms with E-state index in [1.165, 1.54) is 96.3 Å². The molecule has 0 heterocycles. The van der Waals surface area contributed by atoms with Crippen LogP contribution in [0.1, 0.15) is 130 Å². The summed E-state index contributed by atoms with van der Waals surface area (Å²) in [7, 11) is 0. The van der Waals surface area contributed by atoms with Gasteiger partial charge in [0.2, 0.25) is 0 Å². The van der Waals surface area contributed by atoms with Gasteiger partial charge in [0.15, 0.2) is 0 Å². The van der Waals surface area contributed by atoms with Gasteiger partial charge >= 0.3 is 0 Å². The highest BCUT2D eigenvalue weighted by atomic mass is 79.9. The van der Waals surface area contributed by atoms with Crippen LogP contribution in [0.15, 0.2) is 0 Å². The zero-order chi connectivity index (χ0) is 18.1. The number of nitrogens with two attached hydrogens (primary N) is 1. The van der Waals surface area contributed by atoms with Crippen molar-refractivity contribution >= 4 is 17.0 Å². The molecule has 1 atom stereocenters. The van der Waals surface area contributed by atoms with Crippen LogP contribution in [0.4, 0.5) is 0 Å². The Labute approximate surface area is 169 Å². The van der Waals surface area contributed by atoms with Gasteiger partial charge in [-0.05, 0) is 20.3 Å². The maximum absolute atomic E-state index is 9.88. The summed E-state index contributed by atoms with van der Waals surface area (Å²) in [6.45, 7) is 6.10. The smallest absolute Gasteiger partial charge is 0.0714 e. The van der Waals surface area contributed by atoms with Crippen molar-refractivity contribution in [3.05, 3.63) is 0 Å². The summed E-state index contributed by atoms with van der Waals surface area (Å²) in [6, 6.07) is 0. The fourth-order valence-electron chi connectivity index (χ4n) is 3.26. The van der Waals surface area contributed by atoms with Gasteiger partial charge in [-0.3, -0.25) is 0 Å². The number of unbranched alkanes of at least 4 members (excludes halogenated alkanes) is 15. The van der Waals surface area contributed by atoms with Crippen LogP contribution >= 0.6 is 17.0 Å². The van der Waals surface area contributed by atoms with Gasteiger partial charge in [0.05, 0.1) is 6.10 Å². The summed E-state index contributed by atoms with van der Waals surface area (Å²) in [6.07, 6.45) is 22.7. The molecule has 0 aromatic rings. The Morgan fingerprint density at radius 2 is 0.920 bits per heavy atom. The first kappa shape index (κ1) is 27.6. The van der Waals surface area contributed by atoms with Crippen molar-refractivity contribution in [1.82, 2.24) is 0 Å². The lowest BCUT2D eigenvalue weighted by atomic mass is 9.94. The Hall–Kier alpha value is 0.400. The van der Waals surface area contributed by atoms with E-state index >= 15 is 0 Å². The van der Waals surface area contributed by atoms with Crippen molar-refractivity contribution in [2.75, 3.05) is 0 Å². The van der Waals surface area contributed by atoms with Gasteiger partial charge in [-0.15, -0.1) is 17.0 Å². The Balaban J connectivity index is 0. The summed E-state index contributed by atoms with van der Waals surface area (Å²) in [5.41, 5.74) is 5.45. The lowest BCUT2D eigenvalue weighted by molar-refractivity contribution is 0.0925. The van der Waals surface area contributed by atoms with E-state index in [4.69, 9.17) is 5.73 Å². The van der Waals surface area contributed by atoms with Crippen LogP contribution in [-0.2, 0) is 0 Å². The lowest BCUT2D eigenvalue weighted by Gasteiger charge is -2.25. The van der Waals surface area contributed by atoms with Crippen LogP contribution in [0, 0.1) is 0 Å². The standard InChI is InChI=1S/C22H47NO.BrH/c1-4-5-6-7-8-9-10-11-12-13-14-15-16-17-18-19-20-21(24)22(2,3)23;/h21,24H,4-20,23H2,1-3H3;1H. The average molecular weight is 423 g/mol. The first-order valence-corrected chi connectivity index (χ1v) is 11.0. The number of hydrogen-bond donors (Lipinski definition) is 2. The molecule has 0 bridgehead atoms. The normalized spacial score (nSPS) is 12.8. The minimum atomic E-state index is -0.449. The topological polar surface area (TPSA) is 46.2 Å². The van der Waals surface area contributed by atoms with Crippen molar-refractivity contribution in [1.29, 1.82) is 0 Å². The molecule has 0 amide bonds. The van der Waals surface area contributed by atoms with Crippen LogP contribution in [0.5, 0.6) is 0 Å². The molecule has 0 radical (unpaired) electrons. The Kier molecular flexibility index (Phi) is 21.2. The third-order valence-electron chi connectivity index (χ3n) is 5.19. The van der Waals surface area contributed by atoms with Crippen molar-refractivity contribution in [2.45, 2.75) is 142 Å². The Morgan fingerprint density at radius 1 is 0.640 bits per heavy atom. The van der Waals surface area contributed by atoms with Crippen molar-refractivity contribution < 1.29 is 5.11 Å². The quantitative estimate of drug-likeness (QED) is 0.227. The second-order valence-electron chi connectivity index (χ2n) is 8.43. The van der Waals surface area contributed by atoms with Crippen LogP contribution in [0.3, 0.4) is 0 Å². The maximum atomic E-state index is 9.88. The molecule has 0 aliphatic rings. The van der Waals surface area contributed by atoms with Gasteiger partial charge in [0.1, 0.15) is 0 Å². The molecule has 3 N–H and O–H groups in total. The Bertz CT molecular complexity index is 253. The molecule has 1 unspecified atom stereocenters. The number of aliphatic hydroxyl groups is 1. The van der Waals surface area contributed by atoms with Gasteiger partial charge in [-0.25, -0.2) is 0 Å². The average Bonchev–Trinajstić information content (AvgIpc) is 2.53. The second-order valence-corrected chi connectivity index (χ2v) is 8.43. The molecule has 0 rings (SSSR count). The third kappa shape index (κ3) is 20.6. The SMILES string of the molecule is Br.CCCCCCCCCCCCCCCCCCC(O)C(C)(C)N. The molecule has 0 saturated heterocycles. The predicted octanol–water partition coefficient (Wildman–Crippen LogP) is 7.31. The zero-order valence-electron chi connectivity index (χ0n) is 17.5. The number of halogens is 1. The lowest BCUT2D eigenvalue weighted by Crippen LogP contribution is -2.44. The molecule has 0 aliphatic carbocycles. The minimum absolute atomic E-state index is 0. The molecule has 0 aromatic heterocycles. The van der Waals surface area contributed by atoms with E-state index in [1.54, 1.807) is 0 Å². The fourth-order valence-corrected chi connectivity index (χ4v) is 3.26. The monoisotopic (exact) mass is 421 g/mol. The minimum Gasteiger partial charge on any atom is -0.391 e. The Morgan fingerprint density at radius 3 is 1.20 bits per heavy atom. The molecule has 0 spiro atoms. The molecule has 25 heavy (non-hydrogen) atoms. The summed E-state index contributed by atoms with van der Waals surface area (Å²) < 4.78 is 0. The van der Waals surface area contributed by atoms with Gasteiger partial charge in [0.25, 0.3) is 0 Å². The molecular formula is C22H48BrNO. The van der Waals surface area contributed by atoms with Crippen molar-refractivity contribution in [2.24, 2.45) is 5.73 Å². The third-order valence-corrected chi connectivity index (χ3v) is 5.19. The largest absolute Gasteiger partial charge is 0.391 e. The molecular weight excluding hydrogens is 374 g/mol. The molecule has 3 heteroatoms. The van der Waals surface area contributed by atoms with E-state index < -0.39 is 5.54 Å². The van der Waals surface area contributed by atoms with Crippen LogP contribution in [0.25, 0.3) is 0 Å². The molecule has 0 fully saturated rings. The van der Waals surface area contributed by atoms with E-state index in [9.17, 15) is 5.11 Å². The van der Waals surface area contributed by atoms with E-state index in [0.29, 0.717) is 0 Å². The van der Waals surface area contributed by atoms with Crippen LogP contribution in [-0.4, -0.2) is 16.7 Å². The van der Waals surface area contributed by atoms with E-state index in [0.717, 1.165) is 12.8 Å². The first-order valence-electron chi connectivity index (χ1n) is 11.0. The predicted molar refractivity (Wildman–Crippen MR) is 119 cm³/mol. The zero-order valence-corrected chi connectivity index (χ0v) is 19.2. The number of rotatable bonds is 18. The summed E-state index contributed by atoms with van der Waals surface area (Å²) >= 11 is 0. The van der Waals surface area contributed by atoms with Gasteiger partial charge in [-0.1, -0.05) is 110 Å². The van der Waals surface area contributed by atoms with E-state index in [1.807, 2.05) is 13.8 Å². The summed E-state index contributed by atoms with van der Waals surface area (Å²) in [5.74, 6) is 0. The molecule has 154 valence electrons. The van der Waals surface area contributed by atoms with Crippen LogP contribution in [0.2, 0.25) is 0 Å². The summed E-state index contributed by atoms with van der Waals surface area (Å²) in [5, 5.41) is 9.88. The highest BCUT2D eigenvalue weighted by Gasteiger charge is 2.21. The second kappa shape index (κ2) is 19.2. The van der Waals surface area contributed by atoms with Gasteiger partial charge in [0, 0.05) is 5.54 Å². The van der Waals surface area contributed by atoms with Crippen LogP contribution < -0.4 is 5.73 Å². The number of aliphatic hydroxyl groups excluding tert-OH is 1. The summed E-state index contributed by atoms with van der Waals surface area (Å²) in [4.78, 5) is 0. The maximum Gasteiger partial charge on any atom is 0.0714 e. The molecule has 0 saturated carbocycles. The van der Waals surface area contributed by atoms with Gasteiger partial charge < -0.3 is 10.8 Å². The highest BCUT2D eigenvalue weighted by Crippen LogP contribution is 2.16. The van der Waals surface area contributed by atoms with E-state index in [-0.39, 0.29) is 23.1 Å². The number of hydrogen-bond acceptors (Lipinski definition) is 2. The molecule has 0 aliphatic heterocycles. The fraction of sp³-hybridized carbons (Fsp3) is 1.00. The molecule has 2 nitrogen and oxygen atoms in total. The first-order chi connectivity index (χ1) is 11.5.